The van der Waals surface area contributed by atoms with E-state index in [0.717, 1.165) is 33.5 Å². The van der Waals surface area contributed by atoms with Gasteiger partial charge in [-0.25, -0.2) is 9.18 Å². The third-order valence-corrected chi connectivity index (χ3v) is 3.35. The van der Waals surface area contributed by atoms with Crippen LogP contribution in [0.5, 0.6) is 0 Å². The SMILES string of the molecule is COC(=O)C[C@@H](C(=O)OC)[C@@H](NC(=O)c1cccc(F)c1)C(=O)OC. The number of carbonyl (C=O) groups is 4. The summed E-state index contributed by atoms with van der Waals surface area (Å²) in [5, 5.41) is 2.27. The van der Waals surface area contributed by atoms with Crippen molar-refractivity contribution in [2.24, 2.45) is 5.92 Å². The van der Waals surface area contributed by atoms with Crippen molar-refractivity contribution < 1.29 is 37.8 Å². The molecule has 0 saturated carbocycles. The first-order chi connectivity index (χ1) is 11.8. The monoisotopic (exact) mass is 355 g/mol. The summed E-state index contributed by atoms with van der Waals surface area (Å²) in [4.78, 5) is 47.7. The summed E-state index contributed by atoms with van der Waals surface area (Å²) in [7, 11) is 3.22. The van der Waals surface area contributed by atoms with E-state index in [1.807, 2.05) is 0 Å². The van der Waals surface area contributed by atoms with Gasteiger partial charge >= 0.3 is 17.9 Å². The maximum absolute atomic E-state index is 13.2. The molecular weight excluding hydrogens is 337 g/mol. The van der Waals surface area contributed by atoms with Crippen molar-refractivity contribution in [3.05, 3.63) is 35.6 Å². The van der Waals surface area contributed by atoms with Gasteiger partial charge in [-0.2, -0.15) is 0 Å². The van der Waals surface area contributed by atoms with E-state index in [1.54, 1.807) is 0 Å². The Bertz CT molecular complexity index is 662. The molecule has 2 atom stereocenters. The molecule has 0 saturated heterocycles. The van der Waals surface area contributed by atoms with Crippen LogP contribution in [0.3, 0.4) is 0 Å². The molecular formula is C16H18FNO7. The molecule has 0 aliphatic carbocycles. The maximum atomic E-state index is 13.2. The summed E-state index contributed by atoms with van der Waals surface area (Å²) in [6.45, 7) is 0. The Labute approximate surface area is 143 Å². The van der Waals surface area contributed by atoms with Crippen LogP contribution in [-0.2, 0) is 28.6 Å². The number of amides is 1. The first-order valence-electron chi connectivity index (χ1n) is 7.13. The summed E-state index contributed by atoms with van der Waals surface area (Å²) in [5.74, 6) is -5.52. The van der Waals surface area contributed by atoms with Crippen molar-refractivity contribution in [2.45, 2.75) is 12.5 Å². The van der Waals surface area contributed by atoms with Crippen LogP contribution in [0.15, 0.2) is 24.3 Å². The Morgan fingerprint density at radius 1 is 1.04 bits per heavy atom. The predicted molar refractivity (Wildman–Crippen MR) is 81.8 cm³/mol. The van der Waals surface area contributed by atoms with Gasteiger partial charge in [-0.05, 0) is 18.2 Å². The van der Waals surface area contributed by atoms with Gasteiger partial charge in [-0.15, -0.1) is 0 Å². The Balaban J connectivity index is 3.11. The zero-order valence-electron chi connectivity index (χ0n) is 13.9. The fourth-order valence-corrected chi connectivity index (χ4v) is 2.06. The van der Waals surface area contributed by atoms with Gasteiger partial charge in [0.1, 0.15) is 11.9 Å². The molecule has 1 amide bonds. The molecule has 0 heterocycles. The Morgan fingerprint density at radius 3 is 2.20 bits per heavy atom. The van der Waals surface area contributed by atoms with E-state index in [1.165, 1.54) is 12.1 Å². The molecule has 136 valence electrons. The van der Waals surface area contributed by atoms with Crippen LogP contribution >= 0.6 is 0 Å². The molecule has 0 aliphatic rings. The zero-order valence-corrected chi connectivity index (χ0v) is 13.9. The highest BCUT2D eigenvalue weighted by atomic mass is 19.1. The molecule has 0 unspecified atom stereocenters. The molecule has 8 nitrogen and oxygen atoms in total. The number of ether oxygens (including phenoxy) is 3. The van der Waals surface area contributed by atoms with E-state index >= 15 is 0 Å². The molecule has 0 bridgehead atoms. The van der Waals surface area contributed by atoms with Gasteiger partial charge in [-0.1, -0.05) is 6.07 Å². The number of hydrogen-bond donors (Lipinski definition) is 1. The maximum Gasteiger partial charge on any atom is 0.329 e. The Kier molecular flexibility index (Phi) is 7.51. The summed E-state index contributed by atoms with van der Waals surface area (Å²) in [5.41, 5.74) is -0.0735. The highest BCUT2D eigenvalue weighted by molar-refractivity contribution is 5.98. The third kappa shape index (κ3) is 5.55. The summed E-state index contributed by atoms with van der Waals surface area (Å²) >= 11 is 0. The van der Waals surface area contributed by atoms with Gasteiger partial charge in [-0.3, -0.25) is 14.4 Å². The smallest absolute Gasteiger partial charge is 0.329 e. The minimum Gasteiger partial charge on any atom is -0.469 e. The standard InChI is InChI=1S/C16H18FNO7/c1-23-12(19)8-11(15(21)24-2)13(16(22)25-3)18-14(20)9-5-4-6-10(17)7-9/h4-7,11,13H,8H2,1-3H3,(H,18,20)/t11-,13-/m1/s1. The Morgan fingerprint density at radius 2 is 1.68 bits per heavy atom. The van der Waals surface area contributed by atoms with E-state index in [4.69, 9.17) is 0 Å². The van der Waals surface area contributed by atoms with Crippen LogP contribution in [0.1, 0.15) is 16.8 Å². The van der Waals surface area contributed by atoms with Gasteiger partial charge in [0, 0.05) is 5.56 Å². The molecule has 0 aromatic heterocycles. The lowest BCUT2D eigenvalue weighted by atomic mass is 9.95. The molecule has 0 fully saturated rings. The minimum absolute atomic E-state index is 0.0735. The summed E-state index contributed by atoms with van der Waals surface area (Å²) < 4.78 is 26.9. The molecule has 0 aliphatic heterocycles. The van der Waals surface area contributed by atoms with Crippen molar-refractivity contribution >= 4 is 23.8 Å². The average molecular weight is 355 g/mol. The normalized spacial score (nSPS) is 12.5. The number of carbonyl (C=O) groups excluding carboxylic acids is 4. The summed E-state index contributed by atoms with van der Waals surface area (Å²) in [6, 6.07) is 3.21. The second-order valence-electron chi connectivity index (χ2n) is 4.89. The lowest BCUT2D eigenvalue weighted by Crippen LogP contribution is -2.50. The van der Waals surface area contributed by atoms with Gasteiger partial charge in [0.05, 0.1) is 33.7 Å². The van der Waals surface area contributed by atoms with Crippen LogP contribution in [0, 0.1) is 11.7 Å². The lowest BCUT2D eigenvalue weighted by Gasteiger charge is -2.23. The average Bonchev–Trinajstić information content (AvgIpc) is 2.62. The zero-order chi connectivity index (χ0) is 19.0. The van der Waals surface area contributed by atoms with E-state index in [-0.39, 0.29) is 5.56 Å². The first-order valence-corrected chi connectivity index (χ1v) is 7.13. The van der Waals surface area contributed by atoms with Crippen LogP contribution in [0.2, 0.25) is 0 Å². The second-order valence-corrected chi connectivity index (χ2v) is 4.89. The van der Waals surface area contributed by atoms with E-state index in [0.29, 0.717) is 0 Å². The quantitative estimate of drug-likeness (QED) is 0.559. The summed E-state index contributed by atoms with van der Waals surface area (Å²) in [6.07, 6.45) is -0.521. The predicted octanol–water partition coefficient (Wildman–Crippen LogP) is 0.449. The third-order valence-electron chi connectivity index (χ3n) is 3.35. The Hall–Kier alpha value is -2.97. The molecule has 0 spiro atoms. The van der Waals surface area contributed by atoms with Gasteiger partial charge < -0.3 is 19.5 Å². The van der Waals surface area contributed by atoms with E-state index in [9.17, 15) is 23.6 Å². The van der Waals surface area contributed by atoms with Crippen LogP contribution < -0.4 is 5.32 Å². The van der Waals surface area contributed by atoms with Gasteiger partial charge in [0.25, 0.3) is 5.91 Å². The van der Waals surface area contributed by atoms with Crippen LogP contribution in [0.25, 0.3) is 0 Å². The van der Waals surface area contributed by atoms with Gasteiger partial charge in [0.2, 0.25) is 0 Å². The van der Waals surface area contributed by atoms with E-state index < -0.39 is 48.0 Å². The number of benzene rings is 1. The van der Waals surface area contributed by atoms with Crippen molar-refractivity contribution in [3.8, 4) is 0 Å². The van der Waals surface area contributed by atoms with Crippen molar-refractivity contribution in [3.63, 3.8) is 0 Å². The van der Waals surface area contributed by atoms with Crippen LogP contribution in [0.4, 0.5) is 4.39 Å². The van der Waals surface area contributed by atoms with Crippen molar-refractivity contribution in [1.82, 2.24) is 5.32 Å². The molecule has 9 heteroatoms. The molecule has 1 N–H and O–H groups in total. The first kappa shape index (κ1) is 20.1. The largest absolute Gasteiger partial charge is 0.469 e. The number of methoxy groups -OCH3 is 3. The molecule has 25 heavy (non-hydrogen) atoms. The second kappa shape index (κ2) is 9.36. The molecule has 1 rings (SSSR count). The topological polar surface area (TPSA) is 108 Å². The number of rotatable bonds is 7. The highest BCUT2D eigenvalue weighted by Crippen LogP contribution is 2.15. The fraction of sp³-hybridized carbons (Fsp3) is 0.375. The highest BCUT2D eigenvalue weighted by Gasteiger charge is 2.38. The minimum atomic E-state index is -1.52. The number of nitrogens with one attached hydrogen (secondary N) is 1. The number of halogens is 1. The number of hydrogen-bond acceptors (Lipinski definition) is 7. The van der Waals surface area contributed by atoms with Gasteiger partial charge in [0.15, 0.2) is 0 Å². The molecule has 1 aromatic carbocycles. The fourth-order valence-electron chi connectivity index (χ4n) is 2.06. The lowest BCUT2D eigenvalue weighted by molar-refractivity contribution is -0.158. The van der Waals surface area contributed by atoms with Crippen molar-refractivity contribution in [1.29, 1.82) is 0 Å². The number of esters is 3. The van der Waals surface area contributed by atoms with E-state index in [2.05, 4.69) is 19.5 Å². The van der Waals surface area contributed by atoms with Crippen molar-refractivity contribution in [2.75, 3.05) is 21.3 Å². The van der Waals surface area contributed by atoms with Crippen LogP contribution in [-0.4, -0.2) is 51.2 Å². The molecule has 1 aromatic rings. The molecule has 0 radical (unpaired) electrons.